The third kappa shape index (κ3) is 3.79. The van der Waals surface area contributed by atoms with Gasteiger partial charge in [-0.25, -0.2) is 0 Å². The second-order valence-corrected chi connectivity index (χ2v) is 5.99. The second kappa shape index (κ2) is 5.34. The van der Waals surface area contributed by atoms with Gasteiger partial charge in [-0.05, 0) is 43.9 Å². The van der Waals surface area contributed by atoms with E-state index in [1.54, 1.807) is 0 Å². The van der Waals surface area contributed by atoms with Gasteiger partial charge >= 0.3 is 0 Å². The smallest absolute Gasteiger partial charge is 0.00953 e. The lowest BCUT2D eigenvalue weighted by Crippen LogP contribution is -2.36. The van der Waals surface area contributed by atoms with Crippen LogP contribution in [-0.2, 0) is 0 Å². The van der Waals surface area contributed by atoms with E-state index < -0.39 is 0 Å². The molecule has 2 aliphatic carbocycles. The summed E-state index contributed by atoms with van der Waals surface area (Å²) in [7, 11) is 0. The van der Waals surface area contributed by atoms with Crippen LogP contribution in [0.15, 0.2) is 0 Å². The van der Waals surface area contributed by atoms with Crippen LogP contribution in [0, 0.1) is 11.8 Å². The van der Waals surface area contributed by atoms with E-state index in [0.717, 1.165) is 23.9 Å². The topological polar surface area (TPSA) is 12.0 Å². The molecule has 0 radical (unpaired) electrons. The molecule has 1 nitrogen and oxygen atoms in total. The monoisotopic (exact) mass is 209 g/mol. The van der Waals surface area contributed by atoms with Gasteiger partial charge in [0.1, 0.15) is 0 Å². The summed E-state index contributed by atoms with van der Waals surface area (Å²) in [5.74, 6) is 1.86. The minimum Gasteiger partial charge on any atom is -0.311 e. The Hall–Kier alpha value is -0.0400. The van der Waals surface area contributed by atoms with Crippen LogP contribution < -0.4 is 5.32 Å². The molecule has 2 aliphatic rings. The van der Waals surface area contributed by atoms with Crippen LogP contribution in [0.1, 0.15) is 65.2 Å². The maximum Gasteiger partial charge on any atom is 0.00953 e. The lowest BCUT2D eigenvalue weighted by Gasteiger charge is -2.25. The molecule has 0 spiro atoms. The van der Waals surface area contributed by atoms with Crippen molar-refractivity contribution in [2.24, 2.45) is 11.8 Å². The molecule has 2 rings (SSSR count). The molecule has 1 N–H and O–H groups in total. The maximum absolute atomic E-state index is 3.86. The Morgan fingerprint density at radius 2 is 1.53 bits per heavy atom. The first-order chi connectivity index (χ1) is 7.25. The van der Waals surface area contributed by atoms with Crippen LogP contribution in [0.5, 0.6) is 0 Å². The molecule has 0 aromatic carbocycles. The van der Waals surface area contributed by atoms with E-state index in [1.165, 1.54) is 51.4 Å². The first-order valence-corrected chi connectivity index (χ1v) is 7.01. The number of hydrogen-bond acceptors (Lipinski definition) is 1. The molecule has 0 bridgehead atoms. The summed E-state index contributed by atoms with van der Waals surface area (Å²) in [4.78, 5) is 0. The van der Waals surface area contributed by atoms with Crippen molar-refractivity contribution in [1.82, 2.24) is 5.32 Å². The lowest BCUT2D eigenvalue weighted by molar-refractivity contribution is 0.323. The zero-order valence-electron chi connectivity index (χ0n) is 10.5. The second-order valence-electron chi connectivity index (χ2n) is 5.99. The van der Waals surface area contributed by atoms with Crippen molar-refractivity contribution in [3.63, 3.8) is 0 Å². The summed E-state index contributed by atoms with van der Waals surface area (Å²) >= 11 is 0. The summed E-state index contributed by atoms with van der Waals surface area (Å²) in [6, 6.07) is 1.70. The van der Waals surface area contributed by atoms with E-state index in [4.69, 9.17) is 0 Å². The van der Waals surface area contributed by atoms with Gasteiger partial charge in [-0.3, -0.25) is 0 Å². The summed E-state index contributed by atoms with van der Waals surface area (Å²) in [6.45, 7) is 4.89. The third-order valence-corrected chi connectivity index (χ3v) is 4.29. The molecule has 0 saturated heterocycles. The predicted octanol–water partition coefficient (Wildman–Crippen LogP) is 3.73. The van der Waals surface area contributed by atoms with Crippen LogP contribution >= 0.6 is 0 Å². The summed E-state index contributed by atoms with van der Waals surface area (Å²) in [5.41, 5.74) is 0. The molecule has 0 aliphatic heterocycles. The van der Waals surface area contributed by atoms with Crippen molar-refractivity contribution in [3.05, 3.63) is 0 Å². The average Bonchev–Trinajstić information content (AvgIpc) is 3.00. The van der Waals surface area contributed by atoms with Crippen molar-refractivity contribution in [3.8, 4) is 0 Å². The highest BCUT2D eigenvalue weighted by molar-refractivity contribution is 4.87. The Kier molecular flexibility index (Phi) is 4.07. The Labute approximate surface area is 95.0 Å². The van der Waals surface area contributed by atoms with Crippen LogP contribution in [0.4, 0.5) is 0 Å². The van der Waals surface area contributed by atoms with Gasteiger partial charge in [0.15, 0.2) is 0 Å². The van der Waals surface area contributed by atoms with Gasteiger partial charge < -0.3 is 5.32 Å². The van der Waals surface area contributed by atoms with E-state index >= 15 is 0 Å². The molecule has 3 unspecified atom stereocenters. The summed E-state index contributed by atoms with van der Waals surface area (Å²) < 4.78 is 0. The molecular formula is C14H27N. The normalized spacial score (nSPS) is 39.2. The fraction of sp³-hybridized carbons (Fsp3) is 1.00. The maximum atomic E-state index is 3.86. The van der Waals surface area contributed by atoms with Crippen molar-refractivity contribution >= 4 is 0 Å². The van der Waals surface area contributed by atoms with E-state index in [-0.39, 0.29) is 0 Å². The van der Waals surface area contributed by atoms with E-state index in [1.807, 2.05) is 0 Å². The Morgan fingerprint density at radius 1 is 0.800 bits per heavy atom. The molecule has 3 atom stereocenters. The van der Waals surface area contributed by atoms with Crippen LogP contribution in [-0.4, -0.2) is 12.1 Å². The number of nitrogens with one attached hydrogen (secondary N) is 1. The zero-order chi connectivity index (χ0) is 10.7. The zero-order valence-corrected chi connectivity index (χ0v) is 10.5. The molecular weight excluding hydrogens is 182 g/mol. The van der Waals surface area contributed by atoms with E-state index in [2.05, 4.69) is 19.2 Å². The molecule has 15 heavy (non-hydrogen) atoms. The standard InChI is InChI=1S/C14H27N/c1-11-5-3-4-6-12(2)14(10-7-11)15-13-8-9-13/h11-15H,3-10H2,1-2H3. The van der Waals surface area contributed by atoms with Crippen LogP contribution in [0.25, 0.3) is 0 Å². The molecule has 0 aromatic rings. The van der Waals surface area contributed by atoms with Gasteiger partial charge in [0, 0.05) is 12.1 Å². The van der Waals surface area contributed by atoms with Crippen molar-refractivity contribution in [2.75, 3.05) is 0 Å². The summed E-state index contributed by atoms with van der Waals surface area (Å²) in [5, 5.41) is 3.86. The highest BCUT2D eigenvalue weighted by Crippen LogP contribution is 2.28. The van der Waals surface area contributed by atoms with E-state index in [0.29, 0.717) is 0 Å². The fourth-order valence-electron chi connectivity index (χ4n) is 2.85. The SMILES string of the molecule is CC1CCCCC(C)C(NC2CC2)CC1. The van der Waals surface area contributed by atoms with Crippen molar-refractivity contribution in [1.29, 1.82) is 0 Å². The Balaban J connectivity index is 1.85. The third-order valence-electron chi connectivity index (χ3n) is 4.29. The van der Waals surface area contributed by atoms with Crippen LogP contribution in [0.3, 0.4) is 0 Å². The van der Waals surface area contributed by atoms with Crippen LogP contribution in [0.2, 0.25) is 0 Å². The first kappa shape index (κ1) is 11.4. The number of hydrogen-bond donors (Lipinski definition) is 1. The van der Waals surface area contributed by atoms with Gasteiger partial charge in [-0.1, -0.05) is 33.1 Å². The highest BCUT2D eigenvalue weighted by atomic mass is 15.0. The highest BCUT2D eigenvalue weighted by Gasteiger charge is 2.27. The van der Waals surface area contributed by atoms with Crippen molar-refractivity contribution < 1.29 is 0 Å². The Bertz CT molecular complexity index is 186. The average molecular weight is 209 g/mol. The molecule has 0 aromatic heterocycles. The predicted molar refractivity (Wildman–Crippen MR) is 66.0 cm³/mol. The molecule has 2 fully saturated rings. The first-order valence-electron chi connectivity index (χ1n) is 7.01. The van der Waals surface area contributed by atoms with E-state index in [9.17, 15) is 0 Å². The summed E-state index contributed by atoms with van der Waals surface area (Å²) in [6.07, 6.45) is 11.5. The molecule has 1 heteroatoms. The molecule has 88 valence electrons. The van der Waals surface area contributed by atoms with Gasteiger partial charge in [-0.2, -0.15) is 0 Å². The van der Waals surface area contributed by atoms with Gasteiger partial charge in [0.25, 0.3) is 0 Å². The fourth-order valence-corrected chi connectivity index (χ4v) is 2.85. The number of rotatable bonds is 2. The van der Waals surface area contributed by atoms with Gasteiger partial charge in [-0.15, -0.1) is 0 Å². The minimum absolute atomic E-state index is 0.818. The molecule has 0 amide bonds. The molecule has 2 saturated carbocycles. The minimum atomic E-state index is 0.818. The quantitative estimate of drug-likeness (QED) is 0.730. The molecule has 0 heterocycles. The van der Waals surface area contributed by atoms with Gasteiger partial charge in [0.2, 0.25) is 0 Å². The lowest BCUT2D eigenvalue weighted by atomic mass is 9.92. The Morgan fingerprint density at radius 3 is 2.27 bits per heavy atom. The van der Waals surface area contributed by atoms with Crippen molar-refractivity contribution in [2.45, 2.75) is 77.3 Å². The van der Waals surface area contributed by atoms with Gasteiger partial charge in [0.05, 0.1) is 0 Å². The largest absolute Gasteiger partial charge is 0.311 e.